The number of nitrogens with zero attached hydrogens (tertiary/aromatic N) is 4. The number of benzene rings is 1. The number of aromatic nitrogens is 3. The quantitative estimate of drug-likeness (QED) is 0.665. The molecule has 2 amide bonds. The molecule has 8 nitrogen and oxygen atoms in total. The standard InChI is InChI=1S/C21H24N6O2/c1-12-18-16(11-17(13-8-9-13)22-19(18)27(4)25-12)21(29)24-23-20(28)14-6-5-7-15(10-14)26(2)3/h5-7,10-11,13H,8-9H2,1-4H3,(H,23,28)(H,24,29). The highest BCUT2D eigenvalue weighted by Gasteiger charge is 2.28. The average molecular weight is 392 g/mol. The van der Waals surface area contributed by atoms with Gasteiger partial charge in [0.05, 0.1) is 16.6 Å². The maximum absolute atomic E-state index is 12.9. The largest absolute Gasteiger partial charge is 0.378 e. The van der Waals surface area contributed by atoms with Crippen molar-refractivity contribution in [2.75, 3.05) is 19.0 Å². The molecule has 4 rings (SSSR count). The van der Waals surface area contributed by atoms with Crippen LogP contribution in [0.1, 0.15) is 50.9 Å². The van der Waals surface area contributed by atoms with E-state index in [1.807, 2.05) is 45.1 Å². The topological polar surface area (TPSA) is 92.1 Å². The Morgan fingerprint density at radius 2 is 1.86 bits per heavy atom. The number of aryl methyl sites for hydroxylation is 2. The van der Waals surface area contributed by atoms with Crippen LogP contribution in [-0.2, 0) is 7.05 Å². The number of anilines is 1. The van der Waals surface area contributed by atoms with Crippen LogP contribution in [0.5, 0.6) is 0 Å². The molecule has 1 aliphatic rings. The molecule has 29 heavy (non-hydrogen) atoms. The van der Waals surface area contributed by atoms with Crippen LogP contribution in [0, 0.1) is 6.92 Å². The van der Waals surface area contributed by atoms with Crippen LogP contribution in [0.15, 0.2) is 30.3 Å². The summed E-state index contributed by atoms with van der Waals surface area (Å²) < 4.78 is 1.69. The predicted molar refractivity (Wildman–Crippen MR) is 111 cm³/mol. The molecule has 2 heterocycles. The molecule has 1 aliphatic carbocycles. The number of hydrazine groups is 1. The second-order valence-electron chi connectivity index (χ2n) is 7.63. The number of hydrogen-bond donors (Lipinski definition) is 2. The Kier molecular flexibility index (Phi) is 4.70. The van der Waals surface area contributed by atoms with Crippen LogP contribution < -0.4 is 15.8 Å². The molecule has 2 aromatic heterocycles. The summed E-state index contributed by atoms with van der Waals surface area (Å²) in [7, 11) is 5.63. The Bertz CT molecular complexity index is 1110. The van der Waals surface area contributed by atoms with E-state index >= 15 is 0 Å². The number of fused-ring (bicyclic) bond motifs is 1. The zero-order chi connectivity index (χ0) is 20.7. The van der Waals surface area contributed by atoms with Crippen molar-refractivity contribution < 1.29 is 9.59 Å². The van der Waals surface area contributed by atoms with Crippen molar-refractivity contribution in [3.63, 3.8) is 0 Å². The van der Waals surface area contributed by atoms with Gasteiger partial charge in [-0.15, -0.1) is 0 Å². The molecule has 0 atom stereocenters. The van der Waals surface area contributed by atoms with E-state index in [1.54, 1.807) is 22.9 Å². The van der Waals surface area contributed by atoms with Crippen LogP contribution >= 0.6 is 0 Å². The first-order valence-corrected chi connectivity index (χ1v) is 9.57. The van der Waals surface area contributed by atoms with Gasteiger partial charge < -0.3 is 4.90 Å². The average Bonchev–Trinajstić information content (AvgIpc) is 3.52. The molecule has 1 aromatic carbocycles. The normalized spacial score (nSPS) is 13.4. The fourth-order valence-corrected chi connectivity index (χ4v) is 3.41. The van der Waals surface area contributed by atoms with Crippen molar-refractivity contribution in [3.05, 3.63) is 52.8 Å². The summed E-state index contributed by atoms with van der Waals surface area (Å²) in [6.07, 6.45) is 2.16. The van der Waals surface area contributed by atoms with Gasteiger partial charge in [0, 0.05) is 44.0 Å². The molecular formula is C21H24N6O2. The van der Waals surface area contributed by atoms with Gasteiger partial charge in [0.25, 0.3) is 11.8 Å². The zero-order valence-electron chi connectivity index (χ0n) is 17.0. The van der Waals surface area contributed by atoms with E-state index < -0.39 is 0 Å². The highest BCUT2D eigenvalue weighted by atomic mass is 16.2. The monoisotopic (exact) mass is 392 g/mol. The number of hydrogen-bond acceptors (Lipinski definition) is 5. The molecule has 0 unspecified atom stereocenters. The second-order valence-corrected chi connectivity index (χ2v) is 7.63. The van der Waals surface area contributed by atoms with E-state index in [-0.39, 0.29) is 11.8 Å². The van der Waals surface area contributed by atoms with Crippen LogP contribution in [0.25, 0.3) is 11.0 Å². The number of nitrogens with one attached hydrogen (secondary N) is 2. The molecule has 3 aromatic rings. The number of pyridine rings is 1. The molecule has 0 bridgehead atoms. The molecule has 0 spiro atoms. The first kappa shape index (κ1) is 18.9. The third-order valence-electron chi connectivity index (χ3n) is 5.14. The van der Waals surface area contributed by atoms with Gasteiger partial charge in [-0.1, -0.05) is 6.07 Å². The molecule has 8 heteroatoms. The lowest BCUT2D eigenvalue weighted by atomic mass is 10.1. The third-order valence-corrected chi connectivity index (χ3v) is 5.14. The molecule has 1 fully saturated rings. The van der Waals surface area contributed by atoms with E-state index in [4.69, 9.17) is 4.98 Å². The van der Waals surface area contributed by atoms with Gasteiger partial charge in [0.2, 0.25) is 0 Å². The lowest BCUT2D eigenvalue weighted by molar-refractivity contribution is 0.0847. The Labute approximate surface area is 168 Å². The third kappa shape index (κ3) is 3.65. The van der Waals surface area contributed by atoms with Crippen molar-refractivity contribution in [2.45, 2.75) is 25.7 Å². The van der Waals surface area contributed by atoms with Crippen molar-refractivity contribution in [1.82, 2.24) is 25.6 Å². The molecule has 0 saturated heterocycles. The Morgan fingerprint density at radius 1 is 1.14 bits per heavy atom. The van der Waals surface area contributed by atoms with Crippen molar-refractivity contribution >= 4 is 28.5 Å². The van der Waals surface area contributed by atoms with Crippen molar-refractivity contribution in [2.24, 2.45) is 7.05 Å². The number of rotatable bonds is 4. The van der Waals surface area contributed by atoms with E-state index in [2.05, 4.69) is 16.0 Å². The maximum Gasteiger partial charge on any atom is 0.270 e. The minimum atomic E-state index is -0.382. The SMILES string of the molecule is Cc1nn(C)c2nc(C3CC3)cc(C(=O)NNC(=O)c3cccc(N(C)C)c3)c12. The zero-order valence-corrected chi connectivity index (χ0v) is 17.0. The summed E-state index contributed by atoms with van der Waals surface area (Å²) in [5.41, 5.74) is 9.21. The number of amides is 2. The highest BCUT2D eigenvalue weighted by molar-refractivity contribution is 6.07. The van der Waals surface area contributed by atoms with Crippen LogP contribution in [0.4, 0.5) is 5.69 Å². The smallest absolute Gasteiger partial charge is 0.270 e. The lowest BCUT2D eigenvalue weighted by Gasteiger charge is -2.14. The van der Waals surface area contributed by atoms with Crippen molar-refractivity contribution in [3.8, 4) is 0 Å². The van der Waals surface area contributed by atoms with E-state index in [0.29, 0.717) is 28.1 Å². The molecule has 2 N–H and O–H groups in total. The van der Waals surface area contributed by atoms with Gasteiger partial charge in [-0.2, -0.15) is 5.10 Å². The summed E-state index contributed by atoms with van der Waals surface area (Å²) in [4.78, 5) is 32.0. The molecule has 0 aliphatic heterocycles. The number of carbonyl (C=O) groups is 2. The van der Waals surface area contributed by atoms with Gasteiger partial charge in [-0.05, 0) is 44.0 Å². The van der Waals surface area contributed by atoms with E-state index in [9.17, 15) is 9.59 Å². The first-order chi connectivity index (χ1) is 13.8. The minimum absolute atomic E-state index is 0.377. The van der Waals surface area contributed by atoms with Gasteiger partial charge in [-0.3, -0.25) is 25.1 Å². The molecule has 150 valence electrons. The fraction of sp³-hybridized carbons (Fsp3) is 0.333. The molecular weight excluding hydrogens is 368 g/mol. The van der Waals surface area contributed by atoms with Gasteiger partial charge in [0.15, 0.2) is 5.65 Å². The first-order valence-electron chi connectivity index (χ1n) is 9.57. The Morgan fingerprint density at radius 3 is 2.55 bits per heavy atom. The predicted octanol–water partition coefficient (Wildman–Crippen LogP) is 2.29. The summed E-state index contributed by atoms with van der Waals surface area (Å²) in [6, 6.07) is 9.01. The van der Waals surface area contributed by atoms with Crippen LogP contribution in [0.2, 0.25) is 0 Å². The van der Waals surface area contributed by atoms with Crippen molar-refractivity contribution in [1.29, 1.82) is 0 Å². The number of carbonyl (C=O) groups excluding carboxylic acids is 2. The van der Waals surface area contributed by atoms with Gasteiger partial charge in [-0.25, -0.2) is 4.98 Å². The summed E-state index contributed by atoms with van der Waals surface area (Å²) in [5.74, 6) is -0.366. The van der Waals surface area contributed by atoms with Crippen LogP contribution in [-0.4, -0.2) is 40.7 Å². The summed E-state index contributed by atoms with van der Waals surface area (Å²) >= 11 is 0. The van der Waals surface area contributed by atoms with Gasteiger partial charge >= 0.3 is 0 Å². The molecule has 0 radical (unpaired) electrons. The van der Waals surface area contributed by atoms with E-state index in [0.717, 1.165) is 29.9 Å². The fourth-order valence-electron chi connectivity index (χ4n) is 3.41. The minimum Gasteiger partial charge on any atom is -0.378 e. The second kappa shape index (κ2) is 7.20. The Hall–Kier alpha value is -3.42. The van der Waals surface area contributed by atoms with E-state index in [1.165, 1.54) is 0 Å². The maximum atomic E-state index is 12.9. The lowest BCUT2D eigenvalue weighted by Crippen LogP contribution is -2.41. The summed E-state index contributed by atoms with van der Waals surface area (Å²) in [6.45, 7) is 1.85. The molecule has 1 saturated carbocycles. The van der Waals surface area contributed by atoms with Crippen LogP contribution in [0.3, 0.4) is 0 Å². The van der Waals surface area contributed by atoms with Gasteiger partial charge in [0.1, 0.15) is 0 Å². The Balaban J connectivity index is 1.58. The highest BCUT2D eigenvalue weighted by Crippen LogP contribution is 2.40. The summed E-state index contributed by atoms with van der Waals surface area (Å²) in [5, 5.41) is 5.11.